The van der Waals surface area contributed by atoms with Gasteiger partial charge in [-0.1, -0.05) is 0 Å². The van der Waals surface area contributed by atoms with Crippen LogP contribution in [0.3, 0.4) is 0 Å². The van der Waals surface area contributed by atoms with Gasteiger partial charge in [0.25, 0.3) is 0 Å². The van der Waals surface area contributed by atoms with Gasteiger partial charge in [0.1, 0.15) is 11.6 Å². The average Bonchev–Trinajstić information content (AvgIpc) is 2.36. The van der Waals surface area contributed by atoms with Crippen molar-refractivity contribution in [1.82, 2.24) is 0 Å². The lowest BCUT2D eigenvalue weighted by molar-refractivity contribution is -0.0398. The van der Waals surface area contributed by atoms with Gasteiger partial charge in [0, 0.05) is 25.1 Å². The van der Waals surface area contributed by atoms with Crippen LogP contribution in [-0.4, -0.2) is 30.5 Å². The zero-order valence-electron chi connectivity index (χ0n) is 12.3. The van der Waals surface area contributed by atoms with Crippen LogP contribution in [0.15, 0.2) is 18.2 Å². The molecule has 3 N–H and O–H groups in total. The summed E-state index contributed by atoms with van der Waals surface area (Å²) in [6.07, 6.45) is 2.04. The Labute approximate surface area is 124 Å². The van der Waals surface area contributed by atoms with Gasteiger partial charge < -0.3 is 15.6 Å². The second kappa shape index (κ2) is 7.29. The van der Waals surface area contributed by atoms with E-state index in [1.54, 1.807) is 0 Å². The number of aliphatic hydroxyl groups excluding tert-OH is 1. The third kappa shape index (κ3) is 4.22. The van der Waals surface area contributed by atoms with Gasteiger partial charge in [0.2, 0.25) is 0 Å². The van der Waals surface area contributed by atoms with Gasteiger partial charge in [-0.2, -0.15) is 0 Å². The van der Waals surface area contributed by atoms with Crippen LogP contribution < -0.4 is 5.73 Å². The molecule has 1 aromatic rings. The number of benzene rings is 1. The summed E-state index contributed by atoms with van der Waals surface area (Å²) < 4.78 is 32.1. The van der Waals surface area contributed by atoms with Crippen LogP contribution in [-0.2, 0) is 4.74 Å². The minimum absolute atomic E-state index is 0.158. The molecule has 0 amide bonds. The molecule has 118 valence electrons. The second-order valence-corrected chi connectivity index (χ2v) is 5.76. The highest BCUT2D eigenvalue weighted by Gasteiger charge is 2.33. The maximum absolute atomic E-state index is 13.3. The van der Waals surface area contributed by atoms with Gasteiger partial charge in [-0.15, -0.1) is 0 Å². The predicted octanol–water partition coefficient (Wildman–Crippen LogP) is 2.57. The maximum atomic E-state index is 13.3. The van der Waals surface area contributed by atoms with Crippen LogP contribution in [0.4, 0.5) is 8.78 Å². The summed E-state index contributed by atoms with van der Waals surface area (Å²) in [7, 11) is 0. The first-order valence-corrected chi connectivity index (χ1v) is 7.49. The quantitative estimate of drug-likeness (QED) is 0.813. The molecule has 0 radical (unpaired) electrons. The summed E-state index contributed by atoms with van der Waals surface area (Å²) in [6, 6.07) is 3.31. The molecule has 0 aromatic heterocycles. The van der Waals surface area contributed by atoms with Crippen LogP contribution in [0.2, 0.25) is 0 Å². The van der Waals surface area contributed by atoms with Crippen LogP contribution in [0.25, 0.3) is 0 Å². The fourth-order valence-corrected chi connectivity index (χ4v) is 3.05. The third-order valence-corrected chi connectivity index (χ3v) is 4.20. The second-order valence-electron chi connectivity index (χ2n) is 5.76. The number of ether oxygens (including phenoxy) is 1. The first kappa shape index (κ1) is 16.3. The number of halogens is 2. The Kier molecular flexibility index (Phi) is 5.67. The van der Waals surface area contributed by atoms with Crippen molar-refractivity contribution < 1.29 is 18.6 Å². The van der Waals surface area contributed by atoms with Crippen molar-refractivity contribution in [2.24, 2.45) is 11.7 Å². The minimum atomic E-state index is -0.691. The lowest BCUT2D eigenvalue weighted by Gasteiger charge is -2.37. The Hall–Kier alpha value is -1.04. The maximum Gasteiger partial charge on any atom is 0.126 e. The molecule has 0 bridgehead atoms. The molecule has 1 aliphatic rings. The van der Waals surface area contributed by atoms with Gasteiger partial charge in [0.05, 0.1) is 12.2 Å². The van der Waals surface area contributed by atoms with Crippen molar-refractivity contribution in [3.63, 3.8) is 0 Å². The van der Waals surface area contributed by atoms with Gasteiger partial charge in [-0.05, 0) is 49.8 Å². The zero-order chi connectivity index (χ0) is 15.4. The van der Waals surface area contributed by atoms with E-state index in [9.17, 15) is 13.9 Å². The van der Waals surface area contributed by atoms with E-state index in [0.717, 1.165) is 18.9 Å². The molecule has 0 heterocycles. The van der Waals surface area contributed by atoms with Gasteiger partial charge in [-0.3, -0.25) is 0 Å². The van der Waals surface area contributed by atoms with E-state index >= 15 is 0 Å². The van der Waals surface area contributed by atoms with Crippen molar-refractivity contribution >= 4 is 0 Å². The number of nitrogens with two attached hydrogens (primary N) is 1. The summed E-state index contributed by atoms with van der Waals surface area (Å²) in [6.45, 7) is 2.82. The van der Waals surface area contributed by atoms with Gasteiger partial charge in [0.15, 0.2) is 0 Å². The van der Waals surface area contributed by atoms with E-state index in [0.29, 0.717) is 24.5 Å². The van der Waals surface area contributed by atoms with Crippen LogP contribution in [0.5, 0.6) is 0 Å². The fourth-order valence-electron chi connectivity index (χ4n) is 3.05. The molecular formula is C16H23F2NO2. The monoisotopic (exact) mass is 299 g/mol. The topological polar surface area (TPSA) is 55.5 Å². The first-order chi connectivity index (χ1) is 10.0. The molecule has 3 nitrogen and oxygen atoms in total. The molecular weight excluding hydrogens is 276 g/mol. The van der Waals surface area contributed by atoms with Gasteiger partial charge in [-0.25, -0.2) is 8.78 Å². The average molecular weight is 299 g/mol. The van der Waals surface area contributed by atoms with E-state index in [1.165, 1.54) is 12.1 Å². The number of hydrogen-bond donors (Lipinski definition) is 2. The van der Waals surface area contributed by atoms with Crippen molar-refractivity contribution in [3.05, 3.63) is 35.4 Å². The summed E-state index contributed by atoms with van der Waals surface area (Å²) in [5.41, 5.74) is 6.11. The van der Waals surface area contributed by atoms with Crippen molar-refractivity contribution in [3.8, 4) is 0 Å². The molecule has 0 aliphatic heterocycles. The first-order valence-electron chi connectivity index (χ1n) is 7.49. The lowest BCUT2D eigenvalue weighted by atomic mass is 9.76. The van der Waals surface area contributed by atoms with Crippen molar-refractivity contribution in [2.45, 2.75) is 44.3 Å². The predicted molar refractivity (Wildman–Crippen MR) is 76.9 cm³/mol. The molecule has 0 spiro atoms. The minimum Gasteiger partial charge on any atom is -0.392 e. The Morgan fingerprint density at radius 2 is 1.90 bits per heavy atom. The molecule has 1 fully saturated rings. The molecule has 1 saturated carbocycles. The molecule has 2 rings (SSSR count). The number of hydrogen-bond acceptors (Lipinski definition) is 3. The molecule has 21 heavy (non-hydrogen) atoms. The summed E-state index contributed by atoms with van der Waals surface area (Å²) in [4.78, 5) is 0. The Bertz CT molecular complexity index is 443. The Morgan fingerprint density at radius 1 is 1.29 bits per heavy atom. The van der Waals surface area contributed by atoms with Crippen molar-refractivity contribution in [1.29, 1.82) is 0 Å². The largest absolute Gasteiger partial charge is 0.392 e. The molecule has 1 aromatic carbocycles. The molecule has 5 heteroatoms. The molecule has 1 aliphatic carbocycles. The number of aliphatic hydroxyl groups is 1. The van der Waals surface area contributed by atoms with Crippen LogP contribution in [0, 0.1) is 17.6 Å². The van der Waals surface area contributed by atoms with E-state index in [4.69, 9.17) is 10.5 Å². The molecule has 2 unspecified atom stereocenters. The lowest BCUT2D eigenvalue weighted by Crippen LogP contribution is -2.36. The Morgan fingerprint density at radius 3 is 2.43 bits per heavy atom. The summed E-state index contributed by atoms with van der Waals surface area (Å²) in [5.74, 6) is -1.34. The smallest absolute Gasteiger partial charge is 0.126 e. The normalized spacial score (nSPS) is 24.4. The number of rotatable bonds is 7. The SMILES string of the molecule is CCOC1CC(CC(O)C(CN)c2cc(F)cc(F)c2)C1. The van der Waals surface area contributed by atoms with E-state index in [-0.39, 0.29) is 12.6 Å². The van der Waals surface area contributed by atoms with Crippen LogP contribution in [0.1, 0.15) is 37.7 Å². The highest BCUT2D eigenvalue weighted by molar-refractivity contribution is 5.23. The fraction of sp³-hybridized carbons (Fsp3) is 0.625. The Balaban J connectivity index is 1.94. The summed E-state index contributed by atoms with van der Waals surface area (Å²) >= 11 is 0. The van der Waals surface area contributed by atoms with Gasteiger partial charge >= 0.3 is 0 Å². The van der Waals surface area contributed by atoms with E-state index in [1.807, 2.05) is 6.92 Å². The van der Waals surface area contributed by atoms with E-state index in [2.05, 4.69) is 0 Å². The van der Waals surface area contributed by atoms with Crippen LogP contribution >= 0.6 is 0 Å². The zero-order valence-corrected chi connectivity index (χ0v) is 12.3. The molecule has 2 atom stereocenters. The third-order valence-electron chi connectivity index (χ3n) is 4.20. The highest BCUT2D eigenvalue weighted by atomic mass is 19.1. The summed E-state index contributed by atoms with van der Waals surface area (Å²) in [5, 5.41) is 10.3. The molecule has 0 saturated heterocycles. The van der Waals surface area contributed by atoms with Crippen molar-refractivity contribution in [2.75, 3.05) is 13.2 Å². The standard InChI is InChI=1S/C16H23F2NO2/c1-2-21-14-3-10(4-14)5-16(20)15(9-19)11-6-12(17)8-13(18)7-11/h6-8,10,14-16,20H,2-5,9,19H2,1H3. The van der Waals surface area contributed by atoms with E-state index < -0.39 is 23.7 Å². The highest BCUT2D eigenvalue weighted by Crippen LogP contribution is 2.36.